The van der Waals surface area contributed by atoms with Gasteiger partial charge in [0.2, 0.25) is 0 Å². The fourth-order valence-corrected chi connectivity index (χ4v) is 2.92. The van der Waals surface area contributed by atoms with Crippen molar-refractivity contribution < 1.29 is 9.72 Å². The molecule has 0 bridgehead atoms. The number of nitro groups is 1. The van der Waals surface area contributed by atoms with Gasteiger partial charge in [-0.05, 0) is 41.5 Å². The molecule has 0 aliphatic carbocycles. The Kier molecular flexibility index (Phi) is 5.98. The van der Waals surface area contributed by atoms with Crippen molar-refractivity contribution in [3.8, 4) is 11.1 Å². The van der Waals surface area contributed by atoms with Gasteiger partial charge in [0.1, 0.15) is 0 Å². The zero-order chi connectivity index (χ0) is 20.1. The summed E-state index contributed by atoms with van der Waals surface area (Å²) < 4.78 is 0. The van der Waals surface area contributed by atoms with E-state index in [1.807, 2.05) is 42.5 Å². The van der Waals surface area contributed by atoms with Crippen molar-refractivity contribution in [2.45, 2.75) is 0 Å². The highest BCUT2D eigenvalue weighted by atomic mass is 35.5. The molecule has 0 radical (unpaired) electrons. The highest BCUT2D eigenvalue weighted by Crippen LogP contribution is 2.26. The maximum Gasteiger partial charge on any atom is 0.271 e. The monoisotopic (exact) mass is 411 g/mol. The number of amides is 1. The molecule has 2 N–H and O–H groups in total. The zero-order valence-corrected chi connectivity index (χ0v) is 16.0. The molecule has 1 amide bonds. The Morgan fingerprint density at radius 2 is 1.61 bits per heavy atom. The molecule has 3 rings (SSSR count). The second-order valence-corrected chi connectivity index (χ2v) is 6.59. The lowest BCUT2D eigenvalue weighted by Crippen LogP contribution is -2.34. The maximum atomic E-state index is 12.4. The van der Waals surface area contributed by atoms with Crippen LogP contribution in [0.15, 0.2) is 72.8 Å². The largest absolute Gasteiger partial charge is 0.331 e. The van der Waals surface area contributed by atoms with Gasteiger partial charge in [0.05, 0.1) is 15.6 Å². The first-order valence-corrected chi connectivity index (χ1v) is 8.94. The van der Waals surface area contributed by atoms with Crippen molar-refractivity contribution in [1.82, 2.24) is 5.32 Å². The smallest absolute Gasteiger partial charge is 0.271 e. The lowest BCUT2D eigenvalue weighted by Gasteiger charge is -2.11. The second-order valence-electron chi connectivity index (χ2n) is 5.77. The molecule has 0 saturated heterocycles. The number of carbonyl (C=O) groups excluding carboxylic acids is 1. The highest BCUT2D eigenvalue weighted by molar-refractivity contribution is 7.80. The van der Waals surface area contributed by atoms with E-state index in [9.17, 15) is 14.9 Å². The third kappa shape index (κ3) is 4.70. The number of anilines is 1. The van der Waals surface area contributed by atoms with E-state index in [0.29, 0.717) is 11.3 Å². The number of hydrogen-bond acceptors (Lipinski definition) is 4. The Balaban J connectivity index is 1.64. The summed E-state index contributed by atoms with van der Waals surface area (Å²) in [6, 6.07) is 20.9. The van der Waals surface area contributed by atoms with E-state index in [2.05, 4.69) is 10.6 Å². The van der Waals surface area contributed by atoms with Crippen molar-refractivity contribution in [3.05, 3.63) is 93.5 Å². The van der Waals surface area contributed by atoms with Crippen LogP contribution in [-0.2, 0) is 0 Å². The molecule has 3 aromatic rings. The Morgan fingerprint density at radius 1 is 0.964 bits per heavy atom. The topological polar surface area (TPSA) is 84.3 Å². The fraction of sp³-hybridized carbons (Fsp3) is 0. The van der Waals surface area contributed by atoms with Gasteiger partial charge >= 0.3 is 0 Å². The Morgan fingerprint density at radius 3 is 2.21 bits per heavy atom. The van der Waals surface area contributed by atoms with E-state index >= 15 is 0 Å². The van der Waals surface area contributed by atoms with Gasteiger partial charge in [-0.1, -0.05) is 54.1 Å². The Labute approximate surface area is 171 Å². The summed E-state index contributed by atoms with van der Waals surface area (Å²) in [5.74, 6) is -0.379. The van der Waals surface area contributed by atoms with Crippen LogP contribution >= 0.6 is 23.8 Å². The van der Waals surface area contributed by atoms with Crippen LogP contribution in [0.25, 0.3) is 11.1 Å². The normalized spacial score (nSPS) is 10.2. The van der Waals surface area contributed by atoms with E-state index < -0.39 is 4.92 Å². The molecule has 0 aliphatic rings. The molecule has 8 heteroatoms. The summed E-state index contributed by atoms with van der Waals surface area (Å²) in [6.45, 7) is 0. The quantitative estimate of drug-likeness (QED) is 0.357. The van der Waals surface area contributed by atoms with E-state index in [4.69, 9.17) is 23.8 Å². The molecule has 140 valence electrons. The van der Waals surface area contributed by atoms with Crippen molar-refractivity contribution in [3.63, 3.8) is 0 Å². The molecule has 0 aliphatic heterocycles. The number of thiocarbonyl (C=S) groups is 1. The fourth-order valence-electron chi connectivity index (χ4n) is 2.49. The van der Waals surface area contributed by atoms with Crippen molar-refractivity contribution in [2.24, 2.45) is 0 Å². The van der Waals surface area contributed by atoms with Crippen LogP contribution in [0.4, 0.5) is 11.4 Å². The van der Waals surface area contributed by atoms with Crippen LogP contribution in [0, 0.1) is 10.1 Å². The molecule has 0 atom stereocenters. The number of benzene rings is 3. The molecule has 0 saturated carbocycles. The lowest BCUT2D eigenvalue weighted by molar-refractivity contribution is -0.384. The van der Waals surface area contributed by atoms with Crippen molar-refractivity contribution in [2.75, 3.05) is 5.32 Å². The third-order valence-electron chi connectivity index (χ3n) is 3.89. The van der Waals surface area contributed by atoms with Crippen LogP contribution < -0.4 is 10.6 Å². The number of non-ortho nitro benzene ring substituents is 1. The summed E-state index contributed by atoms with van der Waals surface area (Å²) >= 11 is 11.1. The SMILES string of the molecule is O=C(NC(=S)Nc1ccc([N+](=O)[O-])cc1Cl)c1ccc(-c2ccccc2)cc1. The summed E-state index contributed by atoms with van der Waals surface area (Å²) in [5.41, 5.74) is 2.72. The summed E-state index contributed by atoms with van der Waals surface area (Å²) in [6.07, 6.45) is 0. The first-order valence-electron chi connectivity index (χ1n) is 8.16. The van der Waals surface area contributed by atoms with Gasteiger partial charge in [0.25, 0.3) is 11.6 Å². The van der Waals surface area contributed by atoms with Gasteiger partial charge in [-0.25, -0.2) is 0 Å². The van der Waals surface area contributed by atoms with Gasteiger partial charge in [0.15, 0.2) is 5.11 Å². The number of nitro benzene ring substituents is 1. The van der Waals surface area contributed by atoms with E-state index in [1.54, 1.807) is 12.1 Å². The average molecular weight is 412 g/mol. The standard InChI is InChI=1S/C20H14ClN3O3S/c21-17-12-16(24(26)27)10-11-18(17)22-20(28)23-19(25)15-8-6-14(7-9-15)13-4-2-1-3-5-13/h1-12H,(H2,22,23,25,28). The van der Waals surface area contributed by atoms with Crippen LogP contribution in [0.2, 0.25) is 5.02 Å². The van der Waals surface area contributed by atoms with Crippen molar-refractivity contribution >= 4 is 46.2 Å². The molecule has 0 heterocycles. The zero-order valence-electron chi connectivity index (χ0n) is 14.4. The highest BCUT2D eigenvalue weighted by Gasteiger charge is 2.12. The van der Waals surface area contributed by atoms with Gasteiger partial charge in [-0.3, -0.25) is 20.2 Å². The van der Waals surface area contributed by atoms with Crippen LogP contribution in [0.5, 0.6) is 0 Å². The minimum Gasteiger partial charge on any atom is -0.331 e. The van der Waals surface area contributed by atoms with Crippen LogP contribution in [-0.4, -0.2) is 15.9 Å². The third-order valence-corrected chi connectivity index (χ3v) is 4.41. The average Bonchev–Trinajstić information content (AvgIpc) is 2.70. The second kappa shape index (κ2) is 8.60. The first-order chi connectivity index (χ1) is 13.4. The predicted octanol–water partition coefficient (Wildman–Crippen LogP) is 5.04. The minimum atomic E-state index is -0.547. The predicted molar refractivity (Wildman–Crippen MR) is 114 cm³/mol. The van der Waals surface area contributed by atoms with E-state index in [0.717, 1.165) is 11.1 Å². The number of nitrogens with one attached hydrogen (secondary N) is 2. The van der Waals surface area contributed by atoms with Crippen LogP contribution in [0.3, 0.4) is 0 Å². The number of halogens is 1. The molecule has 28 heavy (non-hydrogen) atoms. The Hall–Kier alpha value is -3.29. The van der Waals surface area contributed by atoms with Gasteiger partial charge in [0, 0.05) is 17.7 Å². The summed E-state index contributed by atoms with van der Waals surface area (Å²) in [7, 11) is 0. The van der Waals surface area contributed by atoms with Gasteiger partial charge in [-0.2, -0.15) is 0 Å². The lowest BCUT2D eigenvalue weighted by atomic mass is 10.0. The molecular formula is C20H14ClN3O3S. The van der Waals surface area contributed by atoms with Crippen LogP contribution in [0.1, 0.15) is 10.4 Å². The number of hydrogen-bond donors (Lipinski definition) is 2. The van der Waals surface area contributed by atoms with Gasteiger partial charge in [-0.15, -0.1) is 0 Å². The molecule has 3 aromatic carbocycles. The van der Waals surface area contributed by atoms with Gasteiger partial charge < -0.3 is 5.32 Å². The van der Waals surface area contributed by atoms with E-state index in [1.165, 1.54) is 18.2 Å². The summed E-state index contributed by atoms with van der Waals surface area (Å²) in [4.78, 5) is 22.6. The summed E-state index contributed by atoms with van der Waals surface area (Å²) in [5, 5.41) is 16.2. The van der Waals surface area contributed by atoms with Crippen molar-refractivity contribution in [1.29, 1.82) is 0 Å². The minimum absolute atomic E-state index is 0.0351. The number of carbonyl (C=O) groups is 1. The first kappa shape index (κ1) is 19.5. The number of rotatable bonds is 4. The number of nitrogens with zero attached hydrogens (tertiary/aromatic N) is 1. The maximum absolute atomic E-state index is 12.4. The molecular weight excluding hydrogens is 398 g/mol. The molecule has 6 nitrogen and oxygen atoms in total. The molecule has 0 fully saturated rings. The molecule has 0 spiro atoms. The Bertz CT molecular complexity index is 1040. The molecule has 0 aromatic heterocycles. The van der Waals surface area contributed by atoms with E-state index in [-0.39, 0.29) is 21.7 Å². The molecule has 0 unspecified atom stereocenters.